The molecule has 13 heteroatoms. The van der Waals surface area contributed by atoms with Gasteiger partial charge < -0.3 is 34.1 Å². The zero-order chi connectivity index (χ0) is 37.3. The number of carbonyl (C=O) groups is 4. The van der Waals surface area contributed by atoms with Crippen molar-refractivity contribution in [1.82, 2.24) is 19.0 Å². The average Bonchev–Trinajstić information content (AvgIpc) is 3.75. The first-order valence-corrected chi connectivity index (χ1v) is 17.1. The van der Waals surface area contributed by atoms with E-state index >= 15 is 0 Å². The molecular formula is C39H43N7O6. The number of anilines is 2. The summed E-state index contributed by atoms with van der Waals surface area (Å²) in [5.41, 5.74) is 5.02. The Bertz CT molecular complexity index is 2100. The number of benzene rings is 2. The summed E-state index contributed by atoms with van der Waals surface area (Å²) in [4.78, 5) is 62.2. The Morgan fingerprint density at radius 1 is 1.00 bits per heavy atom. The topological polar surface area (TPSA) is 149 Å². The predicted octanol–water partition coefficient (Wildman–Crippen LogP) is 6.23. The number of nitrogens with zero attached hydrogens (tertiary/aromatic N) is 5. The number of aliphatic imine (C=N–C) groups is 1. The third-order valence-electron chi connectivity index (χ3n) is 8.70. The quantitative estimate of drug-likeness (QED) is 0.113. The van der Waals surface area contributed by atoms with Crippen molar-refractivity contribution in [3.8, 4) is 16.9 Å². The van der Waals surface area contributed by atoms with E-state index in [0.29, 0.717) is 47.8 Å². The molecule has 2 aromatic carbocycles. The molecule has 2 aliphatic rings. The molecule has 52 heavy (non-hydrogen) atoms. The fourth-order valence-corrected chi connectivity index (χ4v) is 6.16. The molecule has 270 valence electrons. The van der Waals surface area contributed by atoms with Crippen molar-refractivity contribution in [3.05, 3.63) is 89.7 Å². The maximum Gasteiger partial charge on any atom is 0.355 e. The van der Waals surface area contributed by atoms with E-state index in [9.17, 15) is 19.2 Å². The zero-order valence-corrected chi connectivity index (χ0v) is 30.3. The molecule has 2 aliphatic heterocycles. The van der Waals surface area contributed by atoms with Gasteiger partial charge >= 0.3 is 5.97 Å². The lowest BCUT2D eigenvalue weighted by molar-refractivity contribution is -0.116. The van der Waals surface area contributed by atoms with Crippen LogP contribution in [0.4, 0.5) is 17.2 Å². The summed E-state index contributed by atoms with van der Waals surface area (Å²) >= 11 is 0. The summed E-state index contributed by atoms with van der Waals surface area (Å²) in [7, 11) is 3.46. The highest BCUT2D eigenvalue weighted by atomic mass is 16.6. The SMILES string of the molecule is C=C1C[C@H]2C=Nc3cc(OCCCC(=O)Nc4cn(C)c(C(=O)Nc5ccc(-c6cc(C(=O)OC(C)(C)C)n(C)c6)cc5)n4)c(C)cc3C(=O)N2C1. The molecule has 0 aliphatic carbocycles. The molecule has 0 bridgehead atoms. The van der Waals surface area contributed by atoms with E-state index in [1.807, 2.05) is 46.0 Å². The van der Waals surface area contributed by atoms with Crippen LogP contribution >= 0.6 is 0 Å². The Hall–Kier alpha value is -5.98. The van der Waals surface area contributed by atoms with Gasteiger partial charge in [-0.2, -0.15) is 0 Å². The van der Waals surface area contributed by atoms with Crippen molar-refractivity contribution in [3.63, 3.8) is 0 Å². The summed E-state index contributed by atoms with van der Waals surface area (Å²) in [5.74, 6) is -0.184. The summed E-state index contributed by atoms with van der Waals surface area (Å²) in [6, 6.07) is 12.5. The molecule has 4 aromatic rings. The average molecular weight is 706 g/mol. The van der Waals surface area contributed by atoms with Gasteiger partial charge in [0.2, 0.25) is 11.7 Å². The molecule has 0 spiro atoms. The van der Waals surface area contributed by atoms with Gasteiger partial charge in [0.25, 0.3) is 11.8 Å². The highest BCUT2D eigenvalue weighted by molar-refractivity contribution is 6.04. The molecule has 3 amide bonds. The van der Waals surface area contributed by atoms with Crippen LogP contribution < -0.4 is 15.4 Å². The van der Waals surface area contributed by atoms with Gasteiger partial charge in [-0.15, -0.1) is 0 Å². The van der Waals surface area contributed by atoms with Crippen LogP contribution in [0.25, 0.3) is 11.1 Å². The molecule has 1 saturated heterocycles. The van der Waals surface area contributed by atoms with E-state index in [1.165, 1.54) is 0 Å². The summed E-state index contributed by atoms with van der Waals surface area (Å²) in [6.07, 6.45) is 6.54. The number of aromatic nitrogens is 3. The van der Waals surface area contributed by atoms with Gasteiger partial charge in [0.05, 0.1) is 23.9 Å². The summed E-state index contributed by atoms with van der Waals surface area (Å²) < 4.78 is 14.8. The van der Waals surface area contributed by atoms with Gasteiger partial charge in [-0.3, -0.25) is 19.4 Å². The van der Waals surface area contributed by atoms with Crippen molar-refractivity contribution in [2.45, 2.75) is 58.6 Å². The Kier molecular flexibility index (Phi) is 9.88. The fraction of sp³-hybridized carbons (Fsp3) is 0.333. The first kappa shape index (κ1) is 35.8. The van der Waals surface area contributed by atoms with Crippen LogP contribution in [0.2, 0.25) is 0 Å². The van der Waals surface area contributed by atoms with Crippen LogP contribution in [-0.4, -0.2) is 73.7 Å². The minimum atomic E-state index is -0.601. The first-order chi connectivity index (χ1) is 24.6. The fourth-order valence-electron chi connectivity index (χ4n) is 6.16. The Balaban J connectivity index is 0.989. The predicted molar refractivity (Wildman–Crippen MR) is 198 cm³/mol. The highest BCUT2D eigenvalue weighted by Crippen LogP contribution is 2.35. The van der Waals surface area contributed by atoms with Gasteiger partial charge in [-0.1, -0.05) is 24.3 Å². The molecule has 2 aromatic heterocycles. The number of rotatable bonds is 10. The largest absolute Gasteiger partial charge is 0.493 e. The Morgan fingerprint density at radius 3 is 2.48 bits per heavy atom. The number of imidazole rings is 1. The lowest BCUT2D eigenvalue weighted by Gasteiger charge is -2.20. The number of esters is 1. The maximum atomic E-state index is 13.1. The number of fused-ring (bicyclic) bond motifs is 2. The van der Waals surface area contributed by atoms with Crippen molar-refractivity contribution >= 4 is 47.1 Å². The molecule has 1 atom stereocenters. The number of aryl methyl sites for hydroxylation is 3. The Morgan fingerprint density at radius 2 is 1.75 bits per heavy atom. The minimum absolute atomic E-state index is 0.0624. The second-order valence-corrected chi connectivity index (χ2v) is 14.2. The van der Waals surface area contributed by atoms with Crippen LogP contribution in [0.15, 0.2) is 72.0 Å². The zero-order valence-electron chi connectivity index (χ0n) is 30.3. The van der Waals surface area contributed by atoms with E-state index in [0.717, 1.165) is 22.3 Å². The van der Waals surface area contributed by atoms with Crippen molar-refractivity contribution in [2.75, 3.05) is 23.8 Å². The van der Waals surface area contributed by atoms with Crippen molar-refractivity contribution in [2.24, 2.45) is 19.1 Å². The summed E-state index contributed by atoms with van der Waals surface area (Å²) in [5, 5.41) is 5.59. The van der Waals surface area contributed by atoms with E-state index < -0.39 is 17.5 Å². The molecular weight excluding hydrogens is 662 g/mol. The van der Waals surface area contributed by atoms with Gasteiger partial charge in [0, 0.05) is 63.0 Å². The molecule has 1 fully saturated rings. The summed E-state index contributed by atoms with van der Waals surface area (Å²) in [6.45, 7) is 12.2. The van der Waals surface area contributed by atoms with E-state index in [-0.39, 0.29) is 42.5 Å². The lowest BCUT2D eigenvalue weighted by Crippen LogP contribution is -2.35. The molecule has 13 nitrogen and oxygen atoms in total. The smallest absolute Gasteiger partial charge is 0.355 e. The van der Waals surface area contributed by atoms with Crippen LogP contribution in [-0.2, 0) is 23.6 Å². The third kappa shape index (κ3) is 7.98. The molecule has 0 unspecified atom stereocenters. The van der Waals surface area contributed by atoms with Gasteiger partial charge in [0.1, 0.15) is 17.0 Å². The first-order valence-electron chi connectivity index (χ1n) is 17.1. The molecule has 0 saturated carbocycles. The highest BCUT2D eigenvalue weighted by Gasteiger charge is 2.34. The van der Waals surface area contributed by atoms with Crippen LogP contribution in [0.5, 0.6) is 5.75 Å². The van der Waals surface area contributed by atoms with E-state index in [4.69, 9.17) is 9.47 Å². The number of ether oxygens (including phenoxy) is 2. The lowest BCUT2D eigenvalue weighted by atomic mass is 10.1. The number of amides is 3. The third-order valence-corrected chi connectivity index (χ3v) is 8.70. The minimum Gasteiger partial charge on any atom is -0.493 e. The normalized spacial score (nSPS) is 15.2. The van der Waals surface area contributed by atoms with Crippen molar-refractivity contribution < 1.29 is 28.7 Å². The van der Waals surface area contributed by atoms with Crippen LogP contribution in [0.3, 0.4) is 0 Å². The van der Waals surface area contributed by atoms with Crippen LogP contribution in [0.1, 0.15) is 77.1 Å². The molecule has 0 radical (unpaired) electrons. The van der Waals surface area contributed by atoms with Gasteiger partial charge in [0.15, 0.2) is 5.82 Å². The number of carbonyl (C=O) groups excluding carboxylic acids is 4. The molecule has 4 heterocycles. The number of hydrogen-bond acceptors (Lipinski definition) is 8. The van der Waals surface area contributed by atoms with Gasteiger partial charge in [-0.05, 0) is 75.9 Å². The van der Waals surface area contributed by atoms with Gasteiger partial charge in [-0.25, -0.2) is 9.78 Å². The Labute approximate surface area is 302 Å². The van der Waals surface area contributed by atoms with Crippen molar-refractivity contribution in [1.29, 1.82) is 0 Å². The second kappa shape index (κ2) is 14.3. The maximum absolute atomic E-state index is 13.1. The van der Waals surface area contributed by atoms with E-state index in [1.54, 1.807) is 70.9 Å². The van der Waals surface area contributed by atoms with E-state index in [2.05, 4.69) is 27.2 Å². The molecule has 2 N–H and O–H groups in total. The monoisotopic (exact) mass is 705 g/mol. The molecule has 6 rings (SSSR count). The number of hydrogen-bond donors (Lipinski definition) is 2. The second-order valence-electron chi connectivity index (χ2n) is 14.2. The standard InChI is InChI=1S/C39H43N7O6/c1-23-15-28-19-40-30-18-32(24(2)16-29(30)37(49)46(28)20-23)51-14-8-9-34(47)42-33-22-45(7)35(43-33)36(48)41-27-12-10-25(11-13-27)26-17-31(44(6)21-26)38(50)52-39(3,4)5/h10-13,16-19,21-22,28H,1,8-9,14-15,20H2,2-7H3,(H,41,48)(H,42,47)/t28-/m0/s1. The van der Waals surface area contributed by atoms with Crippen LogP contribution in [0, 0.1) is 6.92 Å². The number of nitrogens with one attached hydrogen (secondary N) is 2.